The second-order valence-electron chi connectivity index (χ2n) is 5.10. The van der Waals surface area contributed by atoms with E-state index in [1.54, 1.807) is 7.11 Å². The molecule has 2 aromatic carbocycles. The predicted molar refractivity (Wildman–Crippen MR) is 74.6 cm³/mol. The molecule has 0 bridgehead atoms. The Balaban J connectivity index is 2.29. The minimum Gasteiger partial charge on any atom is -0.497 e. The Hall–Kier alpha value is -1.94. The highest BCUT2D eigenvalue weighted by Crippen LogP contribution is 2.26. The molecule has 0 aromatic heterocycles. The Morgan fingerprint density at radius 2 is 1.75 bits per heavy atom. The van der Waals surface area contributed by atoms with E-state index in [-0.39, 0.29) is 0 Å². The summed E-state index contributed by atoms with van der Waals surface area (Å²) in [5.74, 6) is -0.493. The average Bonchev–Trinajstić information content (AvgIpc) is 2.37. The van der Waals surface area contributed by atoms with Crippen LogP contribution in [0.3, 0.4) is 0 Å². The quantitative estimate of drug-likeness (QED) is 0.929. The summed E-state index contributed by atoms with van der Waals surface area (Å²) in [6.07, 6.45) is 0.328. The van der Waals surface area contributed by atoms with Gasteiger partial charge in [0.25, 0.3) is 0 Å². The lowest BCUT2D eigenvalue weighted by atomic mass is 9.86. The molecule has 0 heterocycles. The number of halogens is 2. The largest absolute Gasteiger partial charge is 0.497 e. The lowest BCUT2D eigenvalue weighted by molar-refractivity contribution is 0.410. The molecule has 0 aliphatic carbocycles. The molecule has 2 aromatic rings. The second-order valence-corrected chi connectivity index (χ2v) is 5.10. The Morgan fingerprint density at radius 3 is 2.35 bits per heavy atom. The number of methoxy groups -OCH3 is 1. The first-order valence-corrected chi connectivity index (χ1v) is 6.29. The first-order chi connectivity index (χ1) is 9.40. The predicted octanol–water partition coefficient (Wildman–Crippen LogP) is 3.39. The van der Waals surface area contributed by atoms with Crippen LogP contribution in [0.5, 0.6) is 5.75 Å². The van der Waals surface area contributed by atoms with Gasteiger partial charge in [0.15, 0.2) is 0 Å². The molecule has 20 heavy (non-hydrogen) atoms. The van der Waals surface area contributed by atoms with E-state index in [0.717, 1.165) is 11.6 Å². The normalized spacial score (nSPS) is 13.8. The molecule has 1 unspecified atom stereocenters. The lowest BCUT2D eigenvalue weighted by Crippen LogP contribution is -2.35. The molecule has 106 valence electrons. The molecular weight excluding hydrogens is 260 g/mol. The summed E-state index contributed by atoms with van der Waals surface area (Å²) in [5, 5.41) is 0. The maximum atomic E-state index is 13.2. The number of hydrogen-bond donors (Lipinski definition) is 1. The van der Waals surface area contributed by atoms with E-state index in [9.17, 15) is 8.78 Å². The summed E-state index contributed by atoms with van der Waals surface area (Å²) in [6, 6.07) is 10.8. The molecule has 0 aliphatic rings. The van der Waals surface area contributed by atoms with Crippen LogP contribution in [-0.2, 0) is 12.0 Å². The minimum absolute atomic E-state index is 0.328. The van der Waals surface area contributed by atoms with Gasteiger partial charge in [0, 0.05) is 11.6 Å². The van der Waals surface area contributed by atoms with E-state index < -0.39 is 17.2 Å². The van der Waals surface area contributed by atoms with Gasteiger partial charge in [0.05, 0.1) is 7.11 Å². The molecule has 2 rings (SSSR count). The van der Waals surface area contributed by atoms with Gasteiger partial charge in [-0.2, -0.15) is 0 Å². The Kier molecular flexibility index (Phi) is 4.04. The highest BCUT2D eigenvalue weighted by molar-refractivity contribution is 5.34. The van der Waals surface area contributed by atoms with Gasteiger partial charge < -0.3 is 10.5 Å². The summed E-state index contributed by atoms with van der Waals surface area (Å²) >= 11 is 0. The first kappa shape index (κ1) is 14.5. The summed E-state index contributed by atoms with van der Waals surface area (Å²) in [5.41, 5.74) is 6.92. The van der Waals surface area contributed by atoms with Crippen molar-refractivity contribution >= 4 is 0 Å². The van der Waals surface area contributed by atoms with Crippen LogP contribution in [0.2, 0.25) is 0 Å². The van der Waals surface area contributed by atoms with Crippen LogP contribution < -0.4 is 10.5 Å². The third kappa shape index (κ3) is 3.33. The number of ether oxygens (including phenoxy) is 1. The maximum Gasteiger partial charge on any atom is 0.126 e. The van der Waals surface area contributed by atoms with Gasteiger partial charge in [-0.05, 0) is 48.7 Å². The first-order valence-electron chi connectivity index (χ1n) is 6.29. The monoisotopic (exact) mass is 277 g/mol. The van der Waals surface area contributed by atoms with Crippen molar-refractivity contribution in [3.05, 3.63) is 65.2 Å². The van der Waals surface area contributed by atoms with E-state index in [0.29, 0.717) is 17.7 Å². The van der Waals surface area contributed by atoms with Gasteiger partial charge in [-0.25, -0.2) is 8.78 Å². The molecule has 0 fully saturated rings. The van der Waals surface area contributed by atoms with Gasteiger partial charge in [0.2, 0.25) is 0 Å². The minimum atomic E-state index is -0.741. The summed E-state index contributed by atoms with van der Waals surface area (Å²) in [4.78, 5) is 0. The van der Waals surface area contributed by atoms with Crippen LogP contribution in [0.4, 0.5) is 8.78 Å². The van der Waals surface area contributed by atoms with Gasteiger partial charge >= 0.3 is 0 Å². The Morgan fingerprint density at radius 1 is 1.10 bits per heavy atom. The summed E-state index contributed by atoms with van der Waals surface area (Å²) in [6.45, 7) is 1.82. The SMILES string of the molecule is COc1cccc(C(C)(N)Cc2cc(F)cc(F)c2)c1. The Labute approximate surface area is 117 Å². The molecule has 2 nitrogen and oxygen atoms in total. The van der Waals surface area contributed by atoms with E-state index in [1.807, 2.05) is 31.2 Å². The molecule has 4 heteroatoms. The van der Waals surface area contributed by atoms with E-state index in [2.05, 4.69) is 0 Å². The lowest BCUT2D eigenvalue weighted by Gasteiger charge is -2.26. The third-order valence-corrected chi connectivity index (χ3v) is 3.22. The highest BCUT2D eigenvalue weighted by Gasteiger charge is 2.22. The number of hydrogen-bond acceptors (Lipinski definition) is 2. The van der Waals surface area contributed by atoms with E-state index in [4.69, 9.17) is 10.5 Å². The van der Waals surface area contributed by atoms with E-state index in [1.165, 1.54) is 12.1 Å². The fraction of sp³-hybridized carbons (Fsp3) is 0.250. The van der Waals surface area contributed by atoms with Gasteiger partial charge in [-0.1, -0.05) is 12.1 Å². The third-order valence-electron chi connectivity index (χ3n) is 3.22. The smallest absolute Gasteiger partial charge is 0.126 e. The van der Waals surface area contributed by atoms with Gasteiger partial charge in [-0.3, -0.25) is 0 Å². The van der Waals surface area contributed by atoms with Crippen LogP contribution in [0.25, 0.3) is 0 Å². The summed E-state index contributed by atoms with van der Waals surface area (Å²) < 4.78 is 31.6. The molecule has 0 spiro atoms. The maximum absolute atomic E-state index is 13.2. The number of rotatable bonds is 4. The molecule has 0 aliphatic heterocycles. The molecule has 0 saturated carbocycles. The van der Waals surface area contributed by atoms with Crippen molar-refractivity contribution in [1.82, 2.24) is 0 Å². The average molecular weight is 277 g/mol. The van der Waals surface area contributed by atoms with Crippen LogP contribution in [0.15, 0.2) is 42.5 Å². The van der Waals surface area contributed by atoms with Crippen molar-refractivity contribution < 1.29 is 13.5 Å². The van der Waals surface area contributed by atoms with Crippen LogP contribution in [-0.4, -0.2) is 7.11 Å². The van der Waals surface area contributed by atoms with Crippen molar-refractivity contribution in [3.8, 4) is 5.75 Å². The highest BCUT2D eigenvalue weighted by atomic mass is 19.1. The van der Waals surface area contributed by atoms with Crippen LogP contribution >= 0.6 is 0 Å². The van der Waals surface area contributed by atoms with E-state index >= 15 is 0 Å². The van der Waals surface area contributed by atoms with Crippen molar-refractivity contribution in [2.45, 2.75) is 18.9 Å². The fourth-order valence-corrected chi connectivity index (χ4v) is 2.22. The Bertz CT molecular complexity index is 591. The van der Waals surface area contributed by atoms with Gasteiger partial charge in [-0.15, -0.1) is 0 Å². The number of benzene rings is 2. The second kappa shape index (κ2) is 5.59. The molecule has 1 atom stereocenters. The van der Waals surface area contributed by atoms with Crippen molar-refractivity contribution in [1.29, 1.82) is 0 Å². The van der Waals surface area contributed by atoms with Crippen molar-refractivity contribution in [2.24, 2.45) is 5.73 Å². The zero-order valence-electron chi connectivity index (χ0n) is 11.5. The van der Waals surface area contributed by atoms with Crippen molar-refractivity contribution in [3.63, 3.8) is 0 Å². The molecule has 0 radical (unpaired) electrons. The molecule has 0 saturated heterocycles. The van der Waals surface area contributed by atoms with Crippen molar-refractivity contribution in [2.75, 3.05) is 7.11 Å². The number of nitrogens with two attached hydrogens (primary N) is 1. The zero-order valence-corrected chi connectivity index (χ0v) is 11.5. The van der Waals surface area contributed by atoms with Gasteiger partial charge in [0.1, 0.15) is 17.4 Å². The van der Waals surface area contributed by atoms with Crippen LogP contribution in [0, 0.1) is 11.6 Å². The zero-order chi connectivity index (χ0) is 14.8. The molecule has 2 N–H and O–H groups in total. The summed E-state index contributed by atoms with van der Waals surface area (Å²) in [7, 11) is 1.58. The fourth-order valence-electron chi connectivity index (χ4n) is 2.22. The molecular formula is C16H17F2NO. The molecule has 0 amide bonds. The standard InChI is InChI=1S/C16H17F2NO/c1-16(19,12-4-3-5-15(8-12)20-2)10-11-6-13(17)9-14(18)7-11/h3-9H,10,19H2,1-2H3. The van der Waals surface area contributed by atoms with Crippen LogP contribution in [0.1, 0.15) is 18.1 Å². The topological polar surface area (TPSA) is 35.2 Å².